The molecule has 0 bridgehead atoms. The summed E-state index contributed by atoms with van der Waals surface area (Å²) < 4.78 is 0. The first-order valence-electron chi connectivity index (χ1n) is 7.08. The van der Waals surface area contributed by atoms with Crippen molar-refractivity contribution >= 4 is 23.3 Å². The number of hydrogen-bond donors (Lipinski definition) is 1. The maximum atomic E-state index is 12.7. The van der Waals surface area contributed by atoms with Gasteiger partial charge in [0.15, 0.2) is 0 Å². The van der Waals surface area contributed by atoms with Crippen molar-refractivity contribution in [2.45, 2.75) is 51.6 Å². The SMILES string of the molecule is Cc1nc(CN2C(=O)N[C@]3(CCCC[C@H]3C)C2=O)cs1. The number of hydrogen-bond acceptors (Lipinski definition) is 4. The average molecular weight is 293 g/mol. The Labute approximate surface area is 122 Å². The van der Waals surface area contributed by atoms with Gasteiger partial charge >= 0.3 is 6.03 Å². The lowest BCUT2D eigenvalue weighted by atomic mass is 9.73. The van der Waals surface area contributed by atoms with Crippen LogP contribution in [-0.4, -0.2) is 27.4 Å². The van der Waals surface area contributed by atoms with Crippen LogP contribution in [0, 0.1) is 12.8 Å². The third-order valence-corrected chi connectivity index (χ3v) is 5.31. The molecule has 3 rings (SSSR count). The van der Waals surface area contributed by atoms with E-state index in [1.807, 2.05) is 12.3 Å². The number of thiazole rings is 1. The highest BCUT2D eigenvalue weighted by molar-refractivity contribution is 7.09. The Hall–Kier alpha value is -1.43. The van der Waals surface area contributed by atoms with Gasteiger partial charge in [0.05, 0.1) is 17.2 Å². The van der Waals surface area contributed by atoms with Crippen LogP contribution >= 0.6 is 11.3 Å². The molecule has 2 fully saturated rings. The maximum Gasteiger partial charge on any atom is 0.325 e. The van der Waals surface area contributed by atoms with Crippen LogP contribution < -0.4 is 5.32 Å². The van der Waals surface area contributed by atoms with Gasteiger partial charge in [0.2, 0.25) is 0 Å². The molecule has 2 heterocycles. The molecule has 1 aromatic rings. The zero-order chi connectivity index (χ0) is 14.3. The molecule has 1 N–H and O–H groups in total. The minimum absolute atomic E-state index is 0.0691. The number of rotatable bonds is 2. The molecule has 3 amide bonds. The summed E-state index contributed by atoms with van der Waals surface area (Å²) in [6.45, 7) is 4.27. The molecule has 6 heteroatoms. The van der Waals surface area contributed by atoms with Gasteiger partial charge in [-0.1, -0.05) is 19.8 Å². The molecule has 2 atom stereocenters. The quantitative estimate of drug-likeness (QED) is 0.852. The van der Waals surface area contributed by atoms with Crippen LogP contribution in [-0.2, 0) is 11.3 Å². The van der Waals surface area contributed by atoms with E-state index < -0.39 is 5.54 Å². The fourth-order valence-electron chi connectivity index (χ4n) is 3.28. The van der Waals surface area contributed by atoms with E-state index in [4.69, 9.17) is 0 Å². The number of aryl methyl sites for hydroxylation is 1. The van der Waals surface area contributed by atoms with E-state index >= 15 is 0 Å². The number of nitrogens with one attached hydrogen (secondary N) is 1. The van der Waals surface area contributed by atoms with Crippen LogP contribution in [0.25, 0.3) is 0 Å². The van der Waals surface area contributed by atoms with Crippen molar-refractivity contribution in [3.05, 3.63) is 16.1 Å². The molecule has 1 aliphatic heterocycles. The lowest BCUT2D eigenvalue weighted by Crippen LogP contribution is -2.53. The zero-order valence-corrected chi connectivity index (χ0v) is 12.6. The van der Waals surface area contributed by atoms with E-state index in [0.717, 1.165) is 36.4 Å². The van der Waals surface area contributed by atoms with E-state index in [9.17, 15) is 9.59 Å². The van der Waals surface area contributed by atoms with Gasteiger partial charge < -0.3 is 5.32 Å². The highest BCUT2D eigenvalue weighted by atomic mass is 32.1. The zero-order valence-electron chi connectivity index (χ0n) is 11.8. The second kappa shape index (κ2) is 4.84. The predicted octanol–water partition coefficient (Wildman–Crippen LogP) is 2.45. The van der Waals surface area contributed by atoms with Gasteiger partial charge in [0.25, 0.3) is 5.91 Å². The lowest BCUT2D eigenvalue weighted by molar-refractivity contribution is -0.134. The largest absolute Gasteiger partial charge is 0.325 e. The number of imide groups is 1. The molecule has 1 saturated heterocycles. The number of carbonyl (C=O) groups is 2. The highest BCUT2D eigenvalue weighted by Crippen LogP contribution is 2.38. The topological polar surface area (TPSA) is 62.3 Å². The maximum absolute atomic E-state index is 12.7. The summed E-state index contributed by atoms with van der Waals surface area (Å²) in [5.74, 6) is 0.134. The highest BCUT2D eigenvalue weighted by Gasteiger charge is 2.54. The number of urea groups is 1. The summed E-state index contributed by atoms with van der Waals surface area (Å²) in [5, 5.41) is 5.82. The Morgan fingerprint density at radius 2 is 2.30 bits per heavy atom. The Balaban J connectivity index is 1.83. The first-order chi connectivity index (χ1) is 9.53. The van der Waals surface area contributed by atoms with Crippen LogP contribution in [0.2, 0.25) is 0 Å². The summed E-state index contributed by atoms with van der Waals surface area (Å²) in [7, 11) is 0. The molecule has 5 nitrogen and oxygen atoms in total. The van der Waals surface area contributed by atoms with Crippen LogP contribution in [0.5, 0.6) is 0 Å². The van der Waals surface area contributed by atoms with Crippen LogP contribution in [0.1, 0.15) is 43.3 Å². The Morgan fingerprint density at radius 1 is 1.50 bits per heavy atom. The predicted molar refractivity (Wildman–Crippen MR) is 76.3 cm³/mol. The molecular weight excluding hydrogens is 274 g/mol. The van der Waals surface area contributed by atoms with Gasteiger partial charge in [-0.25, -0.2) is 9.78 Å². The van der Waals surface area contributed by atoms with E-state index in [1.54, 1.807) is 0 Å². The van der Waals surface area contributed by atoms with Crippen molar-refractivity contribution in [2.24, 2.45) is 5.92 Å². The minimum atomic E-state index is -0.666. The molecule has 0 aromatic carbocycles. The van der Waals surface area contributed by atoms with Crippen molar-refractivity contribution in [1.29, 1.82) is 0 Å². The Kier molecular flexibility index (Phi) is 3.28. The van der Waals surface area contributed by atoms with Crippen LogP contribution in [0.15, 0.2) is 5.38 Å². The van der Waals surface area contributed by atoms with Gasteiger partial charge in [0, 0.05) is 5.38 Å². The summed E-state index contributed by atoms with van der Waals surface area (Å²) in [6, 6.07) is -0.269. The van der Waals surface area contributed by atoms with Crippen molar-refractivity contribution in [3.63, 3.8) is 0 Å². The summed E-state index contributed by atoms with van der Waals surface area (Å²) >= 11 is 1.54. The summed E-state index contributed by atoms with van der Waals surface area (Å²) in [6.07, 6.45) is 3.89. The Morgan fingerprint density at radius 3 is 2.95 bits per heavy atom. The van der Waals surface area contributed by atoms with Crippen molar-refractivity contribution in [3.8, 4) is 0 Å². The molecule has 108 valence electrons. The van der Waals surface area contributed by atoms with E-state index in [0.29, 0.717) is 0 Å². The molecule has 1 aromatic heterocycles. The standard InChI is InChI=1S/C14H19N3O2S/c1-9-5-3-4-6-14(9)12(18)17(13(19)16-14)7-11-8-20-10(2)15-11/h8-9H,3-7H2,1-2H3,(H,16,19)/t9-,14+/m1/s1. The molecular formula is C14H19N3O2S. The molecule has 0 unspecified atom stereocenters. The molecule has 1 aliphatic carbocycles. The number of amides is 3. The second-order valence-electron chi connectivity index (χ2n) is 5.80. The van der Waals surface area contributed by atoms with E-state index in [1.165, 1.54) is 16.2 Å². The van der Waals surface area contributed by atoms with E-state index in [2.05, 4.69) is 17.2 Å². The minimum Gasteiger partial charge on any atom is -0.323 e. The molecule has 1 saturated carbocycles. The smallest absolute Gasteiger partial charge is 0.323 e. The van der Waals surface area contributed by atoms with Gasteiger partial charge in [-0.3, -0.25) is 9.69 Å². The fraction of sp³-hybridized carbons (Fsp3) is 0.643. The average Bonchev–Trinajstić information content (AvgIpc) is 2.92. The van der Waals surface area contributed by atoms with Gasteiger partial charge in [-0.05, 0) is 25.7 Å². The third kappa shape index (κ3) is 2.02. The van der Waals surface area contributed by atoms with Crippen LogP contribution in [0.3, 0.4) is 0 Å². The first kappa shape index (κ1) is 13.5. The van der Waals surface area contributed by atoms with Crippen molar-refractivity contribution < 1.29 is 9.59 Å². The molecule has 20 heavy (non-hydrogen) atoms. The van der Waals surface area contributed by atoms with Crippen molar-refractivity contribution in [1.82, 2.24) is 15.2 Å². The normalized spacial score (nSPS) is 30.1. The number of aromatic nitrogens is 1. The summed E-state index contributed by atoms with van der Waals surface area (Å²) in [4.78, 5) is 30.6. The third-order valence-electron chi connectivity index (χ3n) is 4.49. The fourth-order valence-corrected chi connectivity index (χ4v) is 3.89. The lowest BCUT2D eigenvalue weighted by Gasteiger charge is -2.36. The first-order valence-corrected chi connectivity index (χ1v) is 7.96. The Bertz CT molecular complexity index is 556. The van der Waals surface area contributed by atoms with Gasteiger partial charge in [-0.15, -0.1) is 11.3 Å². The molecule has 2 aliphatic rings. The van der Waals surface area contributed by atoms with Crippen molar-refractivity contribution in [2.75, 3.05) is 0 Å². The summed E-state index contributed by atoms with van der Waals surface area (Å²) in [5.41, 5.74) is 0.122. The van der Waals surface area contributed by atoms with E-state index in [-0.39, 0.29) is 24.4 Å². The molecule has 1 spiro atoms. The monoisotopic (exact) mass is 293 g/mol. The van der Waals surface area contributed by atoms with Crippen LogP contribution in [0.4, 0.5) is 4.79 Å². The van der Waals surface area contributed by atoms with Gasteiger partial charge in [0.1, 0.15) is 5.54 Å². The number of carbonyl (C=O) groups excluding carboxylic acids is 2. The molecule has 0 radical (unpaired) electrons. The van der Waals surface area contributed by atoms with Gasteiger partial charge in [-0.2, -0.15) is 0 Å². The second-order valence-corrected chi connectivity index (χ2v) is 6.86. The number of nitrogens with zero attached hydrogens (tertiary/aromatic N) is 2.